The minimum atomic E-state index is -4.06. The Balaban J connectivity index is 1.81. The molecule has 3 N–H and O–H groups in total. The number of ether oxygens (including phenoxy) is 1. The number of nitrogens with zero attached hydrogens (tertiary/aromatic N) is 2. The van der Waals surface area contributed by atoms with Crippen molar-refractivity contribution in [3.05, 3.63) is 82.4 Å². The monoisotopic (exact) mass is 442 g/mol. The summed E-state index contributed by atoms with van der Waals surface area (Å²) < 4.78 is 32.7. The SMILES string of the molecule is COc1ccc(NS(=O)(=O)c2ccc(N/N=C/c3ccc(O)cc3)c([N+](=O)[O-])c2)cc1. The highest BCUT2D eigenvalue weighted by Gasteiger charge is 2.21. The van der Waals surface area contributed by atoms with E-state index < -0.39 is 20.6 Å². The van der Waals surface area contributed by atoms with Crippen molar-refractivity contribution in [3.8, 4) is 11.5 Å². The predicted octanol–water partition coefficient (Wildman–Crippen LogP) is 3.56. The number of hydrogen-bond donors (Lipinski definition) is 3. The zero-order valence-corrected chi connectivity index (χ0v) is 17.0. The lowest BCUT2D eigenvalue weighted by Crippen LogP contribution is -2.13. The molecular formula is C20H18N4O6S. The van der Waals surface area contributed by atoms with Gasteiger partial charge in [0.25, 0.3) is 15.7 Å². The summed E-state index contributed by atoms with van der Waals surface area (Å²) >= 11 is 0. The first-order chi connectivity index (χ1) is 14.8. The molecule has 11 heteroatoms. The van der Waals surface area contributed by atoms with Crippen LogP contribution in [0.3, 0.4) is 0 Å². The average molecular weight is 442 g/mol. The summed E-state index contributed by atoms with van der Waals surface area (Å²) in [6, 6.07) is 15.8. The van der Waals surface area contributed by atoms with E-state index in [-0.39, 0.29) is 22.0 Å². The van der Waals surface area contributed by atoms with Gasteiger partial charge in [0.2, 0.25) is 0 Å². The summed E-state index contributed by atoms with van der Waals surface area (Å²) in [5.41, 5.74) is 3.02. The summed E-state index contributed by atoms with van der Waals surface area (Å²) in [6.07, 6.45) is 1.40. The Morgan fingerprint density at radius 2 is 1.74 bits per heavy atom. The smallest absolute Gasteiger partial charge is 0.295 e. The molecule has 0 aliphatic heterocycles. The second-order valence-electron chi connectivity index (χ2n) is 6.23. The maximum absolute atomic E-state index is 12.6. The molecule has 3 aromatic rings. The molecule has 0 radical (unpaired) electrons. The second kappa shape index (κ2) is 9.13. The summed E-state index contributed by atoms with van der Waals surface area (Å²) in [4.78, 5) is 10.5. The van der Waals surface area contributed by atoms with Crippen LogP contribution in [-0.4, -0.2) is 31.8 Å². The number of nitrogens with one attached hydrogen (secondary N) is 2. The van der Waals surface area contributed by atoms with Gasteiger partial charge in [0.1, 0.15) is 17.2 Å². The molecule has 0 aliphatic carbocycles. The molecule has 0 aliphatic rings. The summed E-state index contributed by atoms with van der Waals surface area (Å²) in [5, 5.41) is 24.7. The molecular weight excluding hydrogens is 424 g/mol. The molecule has 0 aromatic heterocycles. The van der Waals surface area contributed by atoms with Gasteiger partial charge in [0, 0.05) is 11.8 Å². The lowest BCUT2D eigenvalue weighted by atomic mass is 10.2. The average Bonchev–Trinajstić information content (AvgIpc) is 2.75. The number of aromatic hydroxyl groups is 1. The van der Waals surface area contributed by atoms with E-state index >= 15 is 0 Å². The number of anilines is 2. The Hall–Kier alpha value is -4.12. The van der Waals surface area contributed by atoms with Gasteiger partial charge in [-0.1, -0.05) is 0 Å². The number of nitro groups is 1. The minimum absolute atomic E-state index is 0.0171. The van der Waals surface area contributed by atoms with Gasteiger partial charge in [0.15, 0.2) is 0 Å². The summed E-state index contributed by atoms with van der Waals surface area (Å²) in [6.45, 7) is 0. The van der Waals surface area contributed by atoms with Gasteiger partial charge in [-0.15, -0.1) is 0 Å². The molecule has 0 fully saturated rings. The number of rotatable bonds is 8. The lowest BCUT2D eigenvalue weighted by Gasteiger charge is -2.10. The Kier molecular flexibility index (Phi) is 6.36. The van der Waals surface area contributed by atoms with Crippen LogP contribution >= 0.6 is 0 Å². The van der Waals surface area contributed by atoms with Gasteiger partial charge in [-0.25, -0.2) is 8.42 Å². The fourth-order valence-electron chi connectivity index (χ4n) is 2.53. The van der Waals surface area contributed by atoms with Crippen LogP contribution in [0.1, 0.15) is 5.56 Å². The fraction of sp³-hybridized carbons (Fsp3) is 0.0500. The van der Waals surface area contributed by atoms with Crippen molar-refractivity contribution in [2.75, 3.05) is 17.3 Å². The van der Waals surface area contributed by atoms with Crippen LogP contribution in [0.2, 0.25) is 0 Å². The highest BCUT2D eigenvalue weighted by atomic mass is 32.2. The molecule has 0 bridgehead atoms. The molecule has 3 aromatic carbocycles. The molecule has 31 heavy (non-hydrogen) atoms. The first-order valence-corrected chi connectivity index (χ1v) is 10.3. The molecule has 3 rings (SSSR count). The van der Waals surface area contributed by atoms with Crippen LogP contribution in [-0.2, 0) is 10.0 Å². The van der Waals surface area contributed by atoms with E-state index in [1.807, 2.05) is 0 Å². The number of phenolic OH excluding ortho intramolecular Hbond substituents is 1. The Bertz CT molecular complexity index is 1210. The van der Waals surface area contributed by atoms with E-state index in [0.29, 0.717) is 11.3 Å². The predicted molar refractivity (Wildman–Crippen MR) is 116 cm³/mol. The number of nitro benzene ring substituents is 1. The maximum Gasteiger partial charge on any atom is 0.295 e. The fourth-order valence-corrected chi connectivity index (χ4v) is 3.61. The van der Waals surface area contributed by atoms with Gasteiger partial charge < -0.3 is 9.84 Å². The molecule has 0 atom stereocenters. The van der Waals surface area contributed by atoms with E-state index in [0.717, 1.165) is 6.07 Å². The third-order valence-electron chi connectivity index (χ3n) is 4.11. The molecule has 0 saturated heterocycles. The van der Waals surface area contributed by atoms with Crippen molar-refractivity contribution < 1.29 is 23.2 Å². The quantitative estimate of drug-likeness (QED) is 0.275. The zero-order chi connectivity index (χ0) is 22.4. The molecule has 0 heterocycles. The van der Waals surface area contributed by atoms with E-state index in [2.05, 4.69) is 15.2 Å². The van der Waals surface area contributed by atoms with Crippen molar-refractivity contribution in [1.29, 1.82) is 0 Å². The maximum atomic E-state index is 12.6. The number of benzene rings is 3. The normalized spacial score (nSPS) is 11.3. The Morgan fingerprint density at radius 1 is 1.06 bits per heavy atom. The van der Waals surface area contributed by atoms with Gasteiger partial charge in [-0.2, -0.15) is 5.10 Å². The van der Waals surface area contributed by atoms with E-state index in [9.17, 15) is 23.6 Å². The minimum Gasteiger partial charge on any atom is -0.508 e. The molecule has 10 nitrogen and oxygen atoms in total. The number of phenols is 1. The van der Waals surface area contributed by atoms with E-state index in [4.69, 9.17) is 4.74 Å². The Morgan fingerprint density at radius 3 is 2.35 bits per heavy atom. The molecule has 0 unspecified atom stereocenters. The number of sulfonamides is 1. The van der Waals surface area contributed by atoms with Crippen LogP contribution in [0.5, 0.6) is 11.5 Å². The van der Waals surface area contributed by atoms with Crippen molar-refractivity contribution in [3.63, 3.8) is 0 Å². The summed E-state index contributed by atoms with van der Waals surface area (Å²) in [7, 11) is -2.57. The van der Waals surface area contributed by atoms with Gasteiger partial charge >= 0.3 is 0 Å². The van der Waals surface area contributed by atoms with Gasteiger partial charge in [-0.05, 0) is 66.2 Å². The first-order valence-electron chi connectivity index (χ1n) is 8.82. The zero-order valence-electron chi connectivity index (χ0n) is 16.2. The largest absolute Gasteiger partial charge is 0.508 e. The van der Waals surface area contributed by atoms with Crippen LogP contribution in [0.4, 0.5) is 17.1 Å². The third-order valence-corrected chi connectivity index (χ3v) is 5.49. The first kappa shape index (κ1) is 21.6. The van der Waals surface area contributed by atoms with Gasteiger partial charge in [-0.3, -0.25) is 20.3 Å². The van der Waals surface area contributed by atoms with Crippen molar-refractivity contribution in [2.24, 2.45) is 5.10 Å². The van der Waals surface area contributed by atoms with Crippen LogP contribution in [0.15, 0.2) is 76.7 Å². The number of methoxy groups -OCH3 is 1. The van der Waals surface area contributed by atoms with Crippen LogP contribution in [0, 0.1) is 10.1 Å². The second-order valence-corrected chi connectivity index (χ2v) is 7.91. The standard InChI is InChI=1S/C20H18N4O6S/c1-30-17-8-4-15(5-9-17)23-31(28,29)18-10-11-19(20(12-18)24(26)27)22-21-13-14-2-6-16(25)7-3-14/h2-13,22-23,25H,1H3/b21-13+. The highest BCUT2D eigenvalue weighted by molar-refractivity contribution is 7.92. The van der Waals surface area contributed by atoms with Gasteiger partial charge in [0.05, 0.1) is 23.1 Å². The number of hydrazone groups is 1. The summed E-state index contributed by atoms with van der Waals surface area (Å²) in [5.74, 6) is 0.655. The molecule has 160 valence electrons. The molecule has 0 saturated carbocycles. The van der Waals surface area contributed by atoms with Crippen molar-refractivity contribution in [1.82, 2.24) is 0 Å². The van der Waals surface area contributed by atoms with Crippen LogP contribution < -0.4 is 14.9 Å². The van der Waals surface area contributed by atoms with Crippen molar-refractivity contribution >= 4 is 33.3 Å². The Labute approximate surface area is 178 Å². The van der Waals surface area contributed by atoms with E-state index in [1.54, 1.807) is 24.3 Å². The molecule has 0 spiro atoms. The molecule has 0 amide bonds. The lowest BCUT2D eigenvalue weighted by molar-refractivity contribution is -0.384. The van der Waals surface area contributed by atoms with Crippen molar-refractivity contribution in [2.45, 2.75) is 4.90 Å². The van der Waals surface area contributed by atoms with E-state index in [1.165, 1.54) is 49.7 Å². The topological polar surface area (TPSA) is 143 Å². The number of hydrogen-bond acceptors (Lipinski definition) is 8. The highest BCUT2D eigenvalue weighted by Crippen LogP contribution is 2.29. The van der Waals surface area contributed by atoms with Crippen LogP contribution in [0.25, 0.3) is 0 Å². The third kappa shape index (κ3) is 5.48.